The average molecular weight is 587 g/mol. The molecule has 5 N–H and O–H groups in total. The lowest BCUT2D eigenvalue weighted by Gasteiger charge is -2.37. The van der Waals surface area contributed by atoms with E-state index >= 15 is 0 Å². The van der Waals surface area contributed by atoms with E-state index in [9.17, 15) is 24.8 Å². The molecule has 2 saturated carbocycles. The highest BCUT2D eigenvalue weighted by Gasteiger charge is 2.94. The summed E-state index contributed by atoms with van der Waals surface area (Å²) in [6.45, 7) is 6.40. The number of para-hydroxylation sites is 1. The molecule has 218 valence electrons. The summed E-state index contributed by atoms with van der Waals surface area (Å²) < 4.78 is 36.6. The average Bonchev–Trinajstić information content (AvgIpc) is 3.34. The number of benzene rings is 1. The zero-order chi connectivity index (χ0) is 29.6. The first-order valence-electron chi connectivity index (χ1n) is 13.0. The van der Waals surface area contributed by atoms with Gasteiger partial charge in [0.25, 0.3) is 0 Å². The Balaban J connectivity index is 1.43. The zero-order valence-corrected chi connectivity index (χ0v) is 23.4. The van der Waals surface area contributed by atoms with E-state index in [1.807, 2.05) is 6.07 Å². The number of carbonyl (C=O) groups excluding carboxylic acids is 1. The van der Waals surface area contributed by atoms with Crippen molar-refractivity contribution >= 4 is 25.9 Å². The Labute approximate surface area is 236 Å². The Hall–Kier alpha value is -3.57. The molecule has 4 aliphatic rings. The van der Waals surface area contributed by atoms with Gasteiger partial charge in [-0.15, -0.1) is 0 Å². The predicted octanol–water partition coefficient (Wildman–Crippen LogP) is 1.43. The number of amidine groups is 1. The first-order valence-corrected chi connectivity index (χ1v) is 14.5. The van der Waals surface area contributed by atoms with Crippen LogP contribution in [0, 0.1) is 11.3 Å². The molecule has 0 bridgehead atoms. The molecule has 1 unspecified atom stereocenters. The molecule has 41 heavy (non-hydrogen) atoms. The lowest BCUT2D eigenvalue weighted by atomic mass is 9.90. The van der Waals surface area contributed by atoms with Crippen LogP contribution in [0.3, 0.4) is 0 Å². The Kier molecular flexibility index (Phi) is 7.31. The number of hydrogen-bond acceptors (Lipinski definition) is 13. The van der Waals surface area contributed by atoms with Crippen molar-refractivity contribution < 1.29 is 38.1 Å². The molecular weight excluding hydrogens is 555 g/mol. The van der Waals surface area contributed by atoms with Gasteiger partial charge in [-0.05, 0) is 45.2 Å². The van der Waals surface area contributed by atoms with Crippen LogP contribution in [-0.4, -0.2) is 75.0 Å². The van der Waals surface area contributed by atoms with Crippen molar-refractivity contribution in [2.75, 3.05) is 6.61 Å². The number of nitrogens with one attached hydrogen (secondary N) is 1. The molecule has 5 rings (SSSR count). The van der Waals surface area contributed by atoms with Crippen molar-refractivity contribution in [3.05, 3.63) is 54.4 Å². The van der Waals surface area contributed by atoms with Gasteiger partial charge in [0.15, 0.2) is 23.1 Å². The Morgan fingerprint density at radius 1 is 1.39 bits per heavy atom. The van der Waals surface area contributed by atoms with Gasteiger partial charge in [-0.3, -0.25) is 9.32 Å². The highest BCUT2D eigenvalue weighted by Crippen LogP contribution is 2.68. The van der Waals surface area contributed by atoms with Gasteiger partial charge in [-0.1, -0.05) is 30.9 Å². The molecule has 15 heteroatoms. The van der Waals surface area contributed by atoms with E-state index in [-0.39, 0.29) is 29.1 Å². The maximum atomic E-state index is 14.2. The smallest absolute Gasteiger partial charge is 0.459 e. The van der Waals surface area contributed by atoms with E-state index in [1.165, 1.54) is 19.1 Å². The summed E-state index contributed by atoms with van der Waals surface area (Å²) in [5.41, 5.74) is -0.986. The molecule has 2 aliphatic carbocycles. The second kappa shape index (κ2) is 10.4. The minimum atomic E-state index is -4.55. The van der Waals surface area contributed by atoms with E-state index in [0.717, 1.165) is 30.6 Å². The van der Waals surface area contributed by atoms with Crippen molar-refractivity contribution in [2.24, 2.45) is 15.8 Å². The normalized spacial score (nSPS) is 33.5. The Morgan fingerprint density at radius 2 is 2.10 bits per heavy atom. The fourth-order valence-corrected chi connectivity index (χ4v) is 6.70. The third kappa shape index (κ3) is 4.55. The zero-order valence-electron chi connectivity index (χ0n) is 22.5. The molecule has 0 amide bonds. The quantitative estimate of drug-likeness (QED) is 0.227. The van der Waals surface area contributed by atoms with E-state index in [4.69, 9.17) is 24.3 Å². The van der Waals surface area contributed by atoms with E-state index < -0.39 is 49.3 Å². The number of rotatable bonds is 10. The van der Waals surface area contributed by atoms with Crippen LogP contribution in [-0.2, 0) is 23.4 Å². The fourth-order valence-electron chi connectivity index (χ4n) is 4.99. The molecule has 3 fully saturated rings. The van der Waals surface area contributed by atoms with Crippen LogP contribution < -0.4 is 15.3 Å². The molecule has 1 aromatic rings. The Bertz CT molecular complexity index is 1420. The van der Waals surface area contributed by atoms with Crippen molar-refractivity contribution in [3.63, 3.8) is 0 Å². The topological polar surface area (TPSA) is 201 Å². The fraction of sp³-hybridized carbons (Fsp3) is 0.462. The molecule has 2 heterocycles. The molecular formula is C26H31N6O8P. The summed E-state index contributed by atoms with van der Waals surface area (Å²) in [6, 6.07) is 8.66. The minimum Gasteiger partial charge on any atom is -0.461 e. The summed E-state index contributed by atoms with van der Waals surface area (Å²) in [5, 5.41) is 41.5. The van der Waals surface area contributed by atoms with Gasteiger partial charge in [-0.25, -0.2) is 14.6 Å². The van der Waals surface area contributed by atoms with Crippen LogP contribution in [0.15, 0.2) is 64.5 Å². The number of fused-ring (bicyclic) bond motifs is 1. The second-order valence-electron chi connectivity index (χ2n) is 10.2. The number of aliphatic hydroxyl groups is 2. The summed E-state index contributed by atoms with van der Waals surface area (Å²) in [6.07, 6.45) is 3.19. The van der Waals surface area contributed by atoms with Gasteiger partial charge >= 0.3 is 13.7 Å². The minimum absolute atomic E-state index is 0.0704. The number of hydrogen-bond donors (Lipinski definition) is 4. The van der Waals surface area contributed by atoms with E-state index in [2.05, 4.69) is 21.8 Å². The van der Waals surface area contributed by atoms with Gasteiger partial charge < -0.3 is 29.9 Å². The molecule has 1 saturated heterocycles. The van der Waals surface area contributed by atoms with Gasteiger partial charge in [0.1, 0.15) is 36.0 Å². The van der Waals surface area contributed by atoms with Crippen LogP contribution in [0.2, 0.25) is 0 Å². The molecule has 0 radical (unpaired) electrons. The summed E-state index contributed by atoms with van der Waals surface area (Å²) in [4.78, 5) is 16.6. The standard InChI is InChI=1S/C26H31N6O8P/c1-4-20-21(28)29-15-30-32(20)17(3)24(34)14-37-25(13-27)23(26(24,25)35)40-41(36,39-19-9-6-5-7-10-19)31-16(2)22(33)38-18-11-8-12-18/h4-7,9-10,15-16,18,23,34-35H,3,8,11-12,14H2,1-2H3,(H,31,36)(H2,28,29,30)/b20-4-/t16-,23?,24-,25+,26-,41-/m0/s1. The second-order valence-corrected chi connectivity index (χ2v) is 11.8. The van der Waals surface area contributed by atoms with Crippen molar-refractivity contribution in [1.29, 1.82) is 5.26 Å². The molecule has 6 atom stereocenters. The number of nitrogens with two attached hydrogens (primary N) is 1. The number of hydrazone groups is 1. The van der Waals surface area contributed by atoms with Gasteiger partial charge in [0.05, 0.1) is 12.3 Å². The highest BCUT2D eigenvalue weighted by molar-refractivity contribution is 7.52. The summed E-state index contributed by atoms with van der Waals surface area (Å²) in [5.74, 6) is -0.495. The maximum absolute atomic E-state index is 14.2. The SMILES string of the molecule is C=C(N1N=CN=C(N)/C1=C/C)[C@@]1(O)CO[C@]2(C#N)C(O[P@](=O)(N[C@@H](C)C(=O)OC3CCC3)Oc3ccccc3)[C@]12O. The number of nitriles is 1. The number of aliphatic imine (C=N–C) groups is 1. The molecule has 0 spiro atoms. The van der Waals surface area contributed by atoms with Crippen molar-refractivity contribution in [2.45, 2.75) is 68.2 Å². The summed E-state index contributed by atoms with van der Waals surface area (Å²) in [7, 11) is -4.55. The van der Waals surface area contributed by atoms with Crippen LogP contribution >= 0.6 is 7.75 Å². The van der Waals surface area contributed by atoms with Gasteiger partial charge in [0.2, 0.25) is 5.60 Å². The molecule has 14 nitrogen and oxygen atoms in total. The highest BCUT2D eigenvalue weighted by atomic mass is 31.2. The molecule has 1 aromatic carbocycles. The number of esters is 1. The number of ether oxygens (including phenoxy) is 2. The van der Waals surface area contributed by atoms with Gasteiger partial charge in [-0.2, -0.15) is 15.5 Å². The maximum Gasteiger partial charge on any atom is 0.459 e. The lowest BCUT2D eigenvalue weighted by Crippen LogP contribution is -2.54. The largest absolute Gasteiger partial charge is 0.461 e. The lowest BCUT2D eigenvalue weighted by molar-refractivity contribution is -0.154. The Morgan fingerprint density at radius 3 is 2.71 bits per heavy atom. The number of nitrogens with zero attached hydrogens (tertiary/aromatic N) is 4. The van der Waals surface area contributed by atoms with Gasteiger partial charge in [0, 0.05) is 0 Å². The van der Waals surface area contributed by atoms with Crippen molar-refractivity contribution in [3.8, 4) is 11.8 Å². The van der Waals surface area contributed by atoms with E-state index in [1.54, 1.807) is 31.2 Å². The first-order chi connectivity index (χ1) is 19.4. The van der Waals surface area contributed by atoms with Crippen LogP contribution in [0.5, 0.6) is 5.75 Å². The summed E-state index contributed by atoms with van der Waals surface area (Å²) >= 11 is 0. The molecule has 2 aliphatic heterocycles. The number of carbonyl (C=O) groups is 1. The molecule has 0 aromatic heterocycles. The van der Waals surface area contributed by atoms with Crippen LogP contribution in [0.25, 0.3) is 0 Å². The number of allylic oxidation sites excluding steroid dienone is 1. The monoisotopic (exact) mass is 586 g/mol. The predicted molar refractivity (Wildman–Crippen MR) is 145 cm³/mol. The van der Waals surface area contributed by atoms with Crippen LogP contribution in [0.1, 0.15) is 33.1 Å². The van der Waals surface area contributed by atoms with E-state index in [0.29, 0.717) is 0 Å². The van der Waals surface area contributed by atoms with Crippen molar-refractivity contribution in [1.82, 2.24) is 10.1 Å². The third-order valence-electron chi connectivity index (χ3n) is 7.65. The first kappa shape index (κ1) is 28.9. The van der Waals surface area contributed by atoms with Crippen LogP contribution in [0.4, 0.5) is 0 Å². The third-order valence-corrected chi connectivity index (χ3v) is 9.29.